The normalized spacial score (nSPS) is 10.6. The Balaban J connectivity index is 2.87. The molecule has 0 unspecified atom stereocenters. The van der Waals surface area contributed by atoms with Crippen LogP contribution in [0.1, 0.15) is 12.5 Å². The molecule has 2 aromatic rings. The topological polar surface area (TPSA) is 0 Å². The van der Waals surface area contributed by atoms with Gasteiger partial charge >= 0.3 is 0 Å². The fraction of sp³-hybridized carbons (Fsp3) is 0.167. The Morgan fingerprint density at radius 3 is 2.46 bits per heavy atom. The van der Waals surface area contributed by atoms with E-state index in [1.54, 1.807) is 0 Å². The van der Waals surface area contributed by atoms with E-state index in [9.17, 15) is 0 Å². The van der Waals surface area contributed by atoms with Crippen molar-refractivity contribution in [2.75, 3.05) is 0 Å². The average Bonchev–Trinajstić information content (AvgIpc) is 2.17. The van der Waals surface area contributed by atoms with Gasteiger partial charge in [0, 0.05) is 10.4 Å². The molecule has 13 heavy (non-hydrogen) atoms. The molecule has 0 saturated heterocycles. The van der Waals surface area contributed by atoms with Crippen LogP contribution in [0.15, 0.2) is 36.4 Å². The molecule has 0 aliphatic heterocycles. The van der Waals surface area contributed by atoms with Gasteiger partial charge in [0.05, 0.1) is 0 Å². The van der Waals surface area contributed by atoms with Crippen LogP contribution in [0.5, 0.6) is 0 Å². The van der Waals surface area contributed by atoms with Gasteiger partial charge in [0.15, 0.2) is 0 Å². The molecule has 66 valence electrons. The summed E-state index contributed by atoms with van der Waals surface area (Å²) in [7, 11) is 0. The van der Waals surface area contributed by atoms with Crippen molar-refractivity contribution < 1.29 is 0 Å². The molecular weight excluding hydrogens is 180 g/mol. The maximum atomic E-state index is 6.14. The highest BCUT2D eigenvalue weighted by atomic mass is 35.5. The van der Waals surface area contributed by atoms with Gasteiger partial charge in [-0.25, -0.2) is 0 Å². The third-order valence-electron chi connectivity index (χ3n) is 2.32. The van der Waals surface area contributed by atoms with Gasteiger partial charge in [-0.2, -0.15) is 0 Å². The highest BCUT2D eigenvalue weighted by Crippen LogP contribution is 2.26. The molecule has 0 saturated carbocycles. The van der Waals surface area contributed by atoms with Crippen molar-refractivity contribution in [1.29, 1.82) is 0 Å². The van der Waals surface area contributed by atoms with Crippen LogP contribution in [-0.4, -0.2) is 0 Å². The van der Waals surface area contributed by atoms with E-state index in [0.29, 0.717) is 0 Å². The van der Waals surface area contributed by atoms with Gasteiger partial charge in [0.2, 0.25) is 0 Å². The van der Waals surface area contributed by atoms with E-state index in [2.05, 4.69) is 31.2 Å². The molecule has 0 fully saturated rings. The molecule has 0 radical (unpaired) electrons. The van der Waals surface area contributed by atoms with Crippen molar-refractivity contribution in [3.8, 4) is 0 Å². The van der Waals surface area contributed by atoms with E-state index in [-0.39, 0.29) is 0 Å². The highest BCUT2D eigenvalue weighted by Gasteiger charge is 2.01. The SMILES string of the molecule is CCc1cccc2cccc(Cl)c12. The minimum atomic E-state index is 0.856. The van der Waals surface area contributed by atoms with Crippen LogP contribution in [0.25, 0.3) is 10.8 Å². The first kappa shape index (κ1) is 8.58. The summed E-state index contributed by atoms with van der Waals surface area (Å²) in [6.07, 6.45) is 1.03. The summed E-state index contributed by atoms with van der Waals surface area (Å²) in [4.78, 5) is 0. The van der Waals surface area contributed by atoms with Gasteiger partial charge in [-0.05, 0) is 23.4 Å². The van der Waals surface area contributed by atoms with Crippen molar-refractivity contribution >= 4 is 22.4 Å². The minimum absolute atomic E-state index is 0.856. The van der Waals surface area contributed by atoms with E-state index >= 15 is 0 Å². The zero-order chi connectivity index (χ0) is 9.26. The molecule has 0 amide bonds. The lowest BCUT2D eigenvalue weighted by Gasteiger charge is -2.05. The molecule has 2 aromatic carbocycles. The number of fused-ring (bicyclic) bond motifs is 1. The van der Waals surface area contributed by atoms with E-state index < -0.39 is 0 Å². The van der Waals surface area contributed by atoms with E-state index in [1.807, 2.05) is 12.1 Å². The van der Waals surface area contributed by atoms with Gasteiger partial charge in [0.1, 0.15) is 0 Å². The Morgan fingerprint density at radius 1 is 1.08 bits per heavy atom. The lowest BCUT2D eigenvalue weighted by Crippen LogP contribution is -1.83. The third kappa shape index (κ3) is 1.42. The monoisotopic (exact) mass is 190 g/mol. The second-order valence-electron chi connectivity index (χ2n) is 3.11. The van der Waals surface area contributed by atoms with Gasteiger partial charge in [-0.1, -0.05) is 48.9 Å². The summed E-state index contributed by atoms with van der Waals surface area (Å²) < 4.78 is 0. The maximum Gasteiger partial charge on any atom is 0.0487 e. The Hall–Kier alpha value is -1.01. The Labute approximate surface area is 83.1 Å². The number of hydrogen-bond donors (Lipinski definition) is 0. The first-order valence-electron chi connectivity index (χ1n) is 4.49. The standard InChI is InChI=1S/C12H11Cl/c1-2-9-5-3-6-10-7-4-8-11(13)12(9)10/h3-8H,2H2,1H3. The van der Waals surface area contributed by atoms with Gasteiger partial charge in [0.25, 0.3) is 0 Å². The van der Waals surface area contributed by atoms with Crippen molar-refractivity contribution in [3.63, 3.8) is 0 Å². The van der Waals surface area contributed by atoms with Crippen molar-refractivity contribution in [1.82, 2.24) is 0 Å². The molecule has 0 nitrogen and oxygen atoms in total. The smallest absolute Gasteiger partial charge is 0.0487 e. The zero-order valence-corrected chi connectivity index (χ0v) is 8.31. The Bertz CT molecular complexity index is 427. The zero-order valence-electron chi connectivity index (χ0n) is 7.55. The molecule has 0 atom stereocenters. The minimum Gasteiger partial charge on any atom is -0.0837 e. The maximum absolute atomic E-state index is 6.14. The fourth-order valence-electron chi connectivity index (χ4n) is 1.66. The molecule has 1 heteroatoms. The Morgan fingerprint density at radius 2 is 1.77 bits per heavy atom. The molecule has 0 bridgehead atoms. The number of rotatable bonds is 1. The third-order valence-corrected chi connectivity index (χ3v) is 2.64. The molecule has 0 aliphatic carbocycles. The number of benzene rings is 2. The molecule has 0 aromatic heterocycles. The summed E-state index contributed by atoms with van der Waals surface area (Å²) in [6, 6.07) is 12.3. The fourth-order valence-corrected chi connectivity index (χ4v) is 1.97. The summed E-state index contributed by atoms with van der Waals surface area (Å²) in [5.41, 5.74) is 1.32. The molecule has 2 rings (SSSR count). The van der Waals surface area contributed by atoms with Crippen LogP contribution < -0.4 is 0 Å². The van der Waals surface area contributed by atoms with Crippen LogP contribution >= 0.6 is 11.6 Å². The van der Waals surface area contributed by atoms with E-state index in [4.69, 9.17) is 11.6 Å². The Kier molecular flexibility index (Phi) is 2.24. The predicted octanol–water partition coefficient (Wildman–Crippen LogP) is 4.06. The van der Waals surface area contributed by atoms with Crippen LogP contribution in [0, 0.1) is 0 Å². The largest absolute Gasteiger partial charge is 0.0837 e. The van der Waals surface area contributed by atoms with Gasteiger partial charge < -0.3 is 0 Å². The molecule has 0 aliphatic rings. The summed E-state index contributed by atoms with van der Waals surface area (Å²) in [5, 5.41) is 3.29. The van der Waals surface area contributed by atoms with E-state index in [1.165, 1.54) is 16.3 Å². The van der Waals surface area contributed by atoms with Crippen LogP contribution in [0.3, 0.4) is 0 Å². The molecule has 0 heterocycles. The molecular formula is C12H11Cl. The van der Waals surface area contributed by atoms with Crippen molar-refractivity contribution in [2.24, 2.45) is 0 Å². The molecule has 0 spiro atoms. The van der Waals surface area contributed by atoms with Crippen LogP contribution in [-0.2, 0) is 6.42 Å². The first-order chi connectivity index (χ1) is 6.33. The summed E-state index contributed by atoms with van der Waals surface area (Å²) >= 11 is 6.14. The summed E-state index contributed by atoms with van der Waals surface area (Å²) in [6.45, 7) is 2.15. The van der Waals surface area contributed by atoms with Crippen LogP contribution in [0.2, 0.25) is 5.02 Å². The van der Waals surface area contributed by atoms with Crippen molar-refractivity contribution in [3.05, 3.63) is 47.0 Å². The lowest BCUT2D eigenvalue weighted by atomic mass is 10.0. The van der Waals surface area contributed by atoms with E-state index in [0.717, 1.165) is 11.4 Å². The van der Waals surface area contributed by atoms with Gasteiger partial charge in [-0.3, -0.25) is 0 Å². The average molecular weight is 191 g/mol. The quantitative estimate of drug-likeness (QED) is 0.637. The second kappa shape index (κ2) is 3.39. The number of aryl methyl sites for hydroxylation is 1. The van der Waals surface area contributed by atoms with Crippen molar-refractivity contribution in [2.45, 2.75) is 13.3 Å². The van der Waals surface area contributed by atoms with Crippen LogP contribution in [0.4, 0.5) is 0 Å². The second-order valence-corrected chi connectivity index (χ2v) is 3.52. The summed E-state index contributed by atoms with van der Waals surface area (Å²) in [5.74, 6) is 0. The number of hydrogen-bond acceptors (Lipinski definition) is 0. The predicted molar refractivity (Wildman–Crippen MR) is 58.3 cm³/mol. The first-order valence-corrected chi connectivity index (χ1v) is 4.87. The molecule has 0 N–H and O–H groups in total. The highest BCUT2D eigenvalue weighted by molar-refractivity contribution is 6.35. The number of halogens is 1. The lowest BCUT2D eigenvalue weighted by molar-refractivity contribution is 1.16. The van der Waals surface area contributed by atoms with Gasteiger partial charge in [-0.15, -0.1) is 0 Å².